The second-order valence-electron chi connectivity index (χ2n) is 5.01. The molecule has 14 heavy (non-hydrogen) atoms. The van der Waals surface area contributed by atoms with Crippen molar-refractivity contribution in [3.63, 3.8) is 0 Å². The molecule has 2 heterocycles. The molecular formula is C11H22N2O. The van der Waals surface area contributed by atoms with Gasteiger partial charge in [-0.25, -0.2) is 0 Å². The van der Waals surface area contributed by atoms with E-state index in [1.807, 2.05) is 0 Å². The summed E-state index contributed by atoms with van der Waals surface area (Å²) in [6.07, 6.45) is 4.52. The second-order valence-corrected chi connectivity index (χ2v) is 5.01. The Morgan fingerprint density at radius 1 is 1.07 bits per heavy atom. The molecule has 1 N–H and O–H groups in total. The van der Waals surface area contributed by atoms with E-state index in [1.165, 1.54) is 25.9 Å². The predicted molar refractivity (Wildman–Crippen MR) is 57.4 cm³/mol. The maximum Gasteiger partial charge on any atom is 0.0798 e. The third-order valence-electron chi connectivity index (χ3n) is 3.63. The summed E-state index contributed by atoms with van der Waals surface area (Å²) in [5.41, 5.74) is -0.392. The van der Waals surface area contributed by atoms with Crippen LogP contribution < -0.4 is 0 Å². The van der Waals surface area contributed by atoms with Crippen molar-refractivity contribution in [2.75, 3.05) is 39.8 Å². The van der Waals surface area contributed by atoms with E-state index in [0.29, 0.717) is 0 Å². The zero-order chi connectivity index (χ0) is 10.0. The van der Waals surface area contributed by atoms with Crippen molar-refractivity contribution in [1.29, 1.82) is 0 Å². The van der Waals surface area contributed by atoms with Crippen LogP contribution in [0.5, 0.6) is 0 Å². The van der Waals surface area contributed by atoms with E-state index < -0.39 is 5.60 Å². The lowest BCUT2D eigenvalue weighted by molar-refractivity contribution is -0.0370. The molecule has 0 spiro atoms. The molecule has 0 aromatic rings. The summed E-state index contributed by atoms with van der Waals surface area (Å²) in [4.78, 5) is 4.73. The smallest absolute Gasteiger partial charge is 0.0798 e. The topological polar surface area (TPSA) is 26.7 Å². The third kappa shape index (κ3) is 2.47. The normalized spacial score (nSPS) is 29.6. The number of β-amino-alcohol motifs (C(OH)–C–C–N with tert-alkyl or cyclic N) is 1. The number of piperidine rings is 1. The van der Waals surface area contributed by atoms with Gasteiger partial charge in [0.05, 0.1) is 5.60 Å². The lowest BCUT2D eigenvalue weighted by Crippen LogP contribution is -2.49. The Hall–Kier alpha value is -0.120. The van der Waals surface area contributed by atoms with Crippen molar-refractivity contribution in [1.82, 2.24) is 9.80 Å². The highest BCUT2D eigenvalue weighted by Gasteiger charge is 2.33. The fourth-order valence-corrected chi connectivity index (χ4v) is 2.55. The van der Waals surface area contributed by atoms with E-state index in [9.17, 15) is 5.11 Å². The summed E-state index contributed by atoms with van der Waals surface area (Å²) in [5, 5.41) is 10.4. The van der Waals surface area contributed by atoms with Crippen LogP contribution in [0.2, 0.25) is 0 Å². The molecule has 82 valence electrons. The summed E-state index contributed by atoms with van der Waals surface area (Å²) in [5.74, 6) is 0. The van der Waals surface area contributed by atoms with Gasteiger partial charge in [0.15, 0.2) is 0 Å². The standard InChI is InChI=1S/C11H22N2O/c1-12-8-4-11(14,5-9-12)10-13-6-2-3-7-13/h14H,2-10H2,1H3. The largest absolute Gasteiger partial charge is 0.388 e. The van der Waals surface area contributed by atoms with Crippen molar-refractivity contribution in [2.45, 2.75) is 31.3 Å². The van der Waals surface area contributed by atoms with Gasteiger partial charge in [0.25, 0.3) is 0 Å². The molecule has 0 unspecified atom stereocenters. The Labute approximate surface area is 86.7 Å². The zero-order valence-electron chi connectivity index (χ0n) is 9.21. The Kier molecular flexibility index (Phi) is 3.10. The molecule has 0 aromatic carbocycles. The van der Waals surface area contributed by atoms with Crippen LogP contribution in [0.1, 0.15) is 25.7 Å². The maximum absolute atomic E-state index is 10.4. The molecule has 3 nitrogen and oxygen atoms in total. The average molecular weight is 198 g/mol. The number of rotatable bonds is 2. The minimum Gasteiger partial charge on any atom is -0.388 e. The molecule has 0 aliphatic carbocycles. The van der Waals surface area contributed by atoms with Crippen LogP contribution in [0, 0.1) is 0 Å². The SMILES string of the molecule is CN1CCC(O)(CN2CCCC2)CC1. The van der Waals surface area contributed by atoms with Crippen LogP contribution >= 0.6 is 0 Å². The van der Waals surface area contributed by atoms with Crippen molar-refractivity contribution in [3.8, 4) is 0 Å². The first-order valence-electron chi connectivity index (χ1n) is 5.81. The van der Waals surface area contributed by atoms with E-state index >= 15 is 0 Å². The molecule has 0 amide bonds. The molecule has 0 saturated carbocycles. The molecule has 2 fully saturated rings. The first-order valence-corrected chi connectivity index (χ1v) is 5.81. The van der Waals surface area contributed by atoms with Gasteiger partial charge in [-0.15, -0.1) is 0 Å². The fraction of sp³-hybridized carbons (Fsp3) is 1.00. The van der Waals surface area contributed by atoms with Crippen molar-refractivity contribution in [3.05, 3.63) is 0 Å². The Balaban J connectivity index is 1.82. The first kappa shape index (κ1) is 10.4. The molecule has 2 aliphatic rings. The van der Waals surface area contributed by atoms with Crippen LogP contribution in [0.3, 0.4) is 0 Å². The number of likely N-dealkylation sites (tertiary alicyclic amines) is 2. The van der Waals surface area contributed by atoms with Crippen LogP contribution in [-0.2, 0) is 0 Å². The van der Waals surface area contributed by atoms with E-state index in [-0.39, 0.29) is 0 Å². The van der Waals surface area contributed by atoms with Gasteiger partial charge in [0, 0.05) is 19.6 Å². The van der Waals surface area contributed by atoms with Gasteiger partial charge >= 0.3 is 0 Å². The van der Waals surface area contributed by atoms with Gasteiger partial charge in [-0.3, -0.25) is 0 Å². The number of hydrogen-bond acceptors (Lipinski definition) is 3. The third-order valence-corrected chi connectivity index (χ3v) is 3.63. The number of aliphatic hydroxyl groups is 1. The maximum atomic E-state index is 10.4. The highest BCUT2D eigenvalue weighted by Crippen LogP contribution is 2.24. The van der Waals surface area contributed by atoms with E-state index in [4.69, 9.17) is 0 Å². The van der Waals surface area contributed by atoms with Crippen LogP contribution in [0.25, 0.3) is 0 Å². The van der Waals surface area contributed by atoms with E-state index in [0.717, 1.165) is 32.5 Å². The summed E-state index contributed by atoms with van der Waals surface area (Å²) >= 11 is 0. The molecule has 0 bridgehead atoms. The van der Waals surface area contributed by atoms with Crippen LogP contribution in [-0.4, -0.2) is 60.3 Å². The molecule has 0 radical (unpaired) electrons. The van der Waals surface area contributed by atoms with Crippen molar-refractivity contribution >= 4 is 0 Å². The van der Waals surface area contributed by atoms with E-state index in [2.05, 4.69) is 16.8 Å². The molecule has 2 saturated heterocycles. The van der Waals surface area contributed by atoms with Gasteiger partial charge in [0.2, 0.25) is 0 Å². The lowest BCUT2D eigenvalue weighted by Gasteiger charge is -2.38. The Bertz CT molecular complexity index is 182. The fourth-order valence-electron chi connectivity index (χ4n) is 2.55. The van der Waals surface area contributed by atoms with E-state index in [1.54, 1.807) is 0 Å². The zero-order valence-corrected chi connectivity index (χ0v) is 9.21. The quantitative estimate of drug-likeness (QED) is 0.701. The first-order chi connectivity index (χ1) is 6.68. The summed E-state index contributed by atoms with van der Waals surface area (Å²) in [6, 6.07) is 0. The molecule has 0 atom stereocenters. The summed E-state index contributed by atoms with van der Waals surface area (Å²) in [7, 11) is 2.13. The average Bonchev–Trinajstić information content (AvgIpc) is 2.63. The second kappa shape index (κ2) is 4.17. The Morgan fingerprint density at radius 2 is 1.64 bits per heavy atom. The monoisotopic (exact) mass is 198 g/mol. The summed E-state index contributed by atoms with van der Waals surface area (Å²) in [6.45, 7) is 5.38. The van der Waals surface area contributed by atoms with Crippen LogP contribution in [0.15, 0.2) is 0 Å². The van der Waals surface area contributed by atoms with Crippen LogP contribution in [0.4, 0.5) is 0 Å². The molecule has 2 aliphatic heterocycles. The lowest BCUT2D eigenvalue weighted by atomic mass is 9.91. The van der Waals surface area contributed by atoms with Gasteiger partial charge < -0.3 is 14.9 Å². The highest BCUT2D eigenvalue weighted by molar-refractivity contribution is 4.88. The van der Waals surface area contributed by atoms with Gasteiger partial charge in [-0.2, -0.15) is 0 Å². The van der Waals surface area contributed by atoms with Gasteiger partial charge in [0.1, 0.15) is 0 Å². The predicted octanol–water partition coefficient (Wildman–Crippen LogP) is 0.539. The molecule has 3 heteroatoms. The van der Waals surface area contributed by atoms with Crippen molar-refractivity contribution < 1.29 is 5.11 Å². The number of nitrogens with zero attached hydrogens (tertiary/aromatic N) is 2. The minimum absolute atomic E-state index is 0.392. The van der Waals surface area contributed by atoms with Crippen molar-refractivity contribution in [2.24, 2.45) is 0 Å². The molecule has 0 aromatic heterocycles. The molecular weight excluding hydrogens is 176 g/mol. The summed E-state index contributed by atoms with van der Waals surface area (Å²) < 4.78 is 0. The van der Waals surface area contributed by atoms with Gasteiger partial charge in [-0.05, 0) is 45.8 Å². The molecule has 2 rings (SSSR count). The Morgan fingerprint density at radius 3 is 2.21 bits per heavy atom. The highest BCUT2D eigenvalue weighted by atomic mass is 16.3. The van der Waals surface area contributed by atoms with Gasteiger partial charge in [-0.1, -0.05) is 0 Å². The number of hydrogen-bond donors (Lipinski definition) is 1. The minimum atomic E-state index is -0.392.